The number of fused-ring (bicyclic) bond motifs is 1. The van der Waals surface area contributed by atoms with Crippen molar-refractivity contribution < 1.29 is 13.2 Å². The van der Waals surface area contributed by atoms with E-state index in [1.54, 1.807) is 12.1 Å². The third-order valence-corrected chi connectivity index (χ3v) is 8.88. The third-order valence-electron chi connectivity index (χ3n) is 5.03. The topological polar surface area (TPSA) is 63.2 Å². The molecule has 0 amide bonds. The molecule has 0 radical (unpaired) electrons. The Hall–Kier alpha value is -1.47. The van der Waals surface area contributed by atoms with Gasteiger partial charge < -0.3 is 0 Å². The molecular weight excluding hydrogens is 398 g/mol. The number of benzene rings is 2. The van der Waals surface area contributed by atoms with Crippen molar-refractivity contribution in [2.24, 2.45) is 0 Å². The van der Waals surface area contributed by atoms with E-state index in [0.29, 0.717) is 24.3 Å². The van der Waals surface area contributed by atoms with E-state index in [9.17, 15) is 13.2 Å². The van der Waals surface area contributed by atoms with Gasteiger partial charge in [0.25, 0.3) is 0 Å². The second kappa shape index (κ2) is 7.51. The first-order chi connectivity index (χ1) is 12.6. The SMILES string of the molecule is C[Si](C)(C)c1ccc2c(c1C=O)CCC(NS(=O)(=O)c1ccc(Cl)cc1)C2. The molecule has 1 atom stereocenters. The average molecular weight is 422 g/mol. The summed E-state index contributed by atoms with van der Waals surface area (Å²) in [6.07, 6.45) is 2.95. The molecule has 1 aliphatic rings. The van der Waals surface area contributed by atoms with Crippen LogP contribution >= 0.6 is 11.6 Å². The molecule has 0 aromatic heterocycles. The van der Waals surface area contributed by atoms with E-state index in [4.69, 9.17) is 11.6 Å². The summed E-state index contributed by atoms with van der Waals surface area (Å²) in [5.74, 6) is 0. The lowest BCUT2D eigenvalue weighted by Crippen LogP contribution is -2.43. The Morgan fingerprint density at radius 2 is 1.78 bits per heavy atom. The molecule has 3 rings (SSSR count). The standard InChI is InChI=1S/C20H24ClNO3SSi/c1-27(2,3)20-11-4-14-12-16(7-10-18(14)19(20)13-23)22-26(24,25)17-8-5-15(21)6-9-17/h4-6,8-9,11,13,16,22H,7,10,12H2,1-3H3. The number of nitrogens with one attached hydrogen (secondary N) is 1. The molecule has 1 aliphatic carbocycles. The van der Waals surface area contributed by atoms with E-state index >= 15 is 0 Å². The lowest BCUT2D eigenvalue weighted by atomic mass is 9.86. The van der Waals surface area contributed by atoms with Gasteiger partial charge in [0, 0.05) is 16.6 Å². The lowest BCUT2D eigenvalue weighted by Gasteiger charge is -2.29. The van der Waals surface area contributed by atoms with Crippen molar-refractivity contribution in [3.05, 3.63) is 58.1 Å². The fourth-order valence-corrected chi connectivity index (χ4v) is 6.67. The van der Waals surface area contributed by atoms with Gasteiger partial charge in [-0.25, -0.2) is 13.1 Å². The van der Waals surface area contributed by atoms with Gasteiger partial charge in [0.15, 0.2) is 0 Å². The molecule has 2 aromatic carbocycles. The van der Waals surface area contributed by atoms with Gasteiger partial charge in [0.05, 0.1) is 13.0 Å². The minimum Gasteiger partial charge on any atom is -0.298 e. The molecule has 1 unspecified atom stereocenters. The molecule has 4 nitrogen and oxygen atoms in total. The zero-order chi connectivity index (χ0) is 19.8. The highest BCUT2D eigenvalue weighted by Gasteiger charge is 2.29. The summed E-state index contributed by atoms with van der Waals surface area (Å²) in [5, 5.41) is 1.68. The van der Waals surface area contributed by atoms with Crippen LogP contribution in [0.2, 0.25) is 24.7 Å². The monoisotopic (exact) mass is 421 g/mol. The van der Waals surface area contributed by atoms with Crippen molar-refractivity contribution in [3.63, 3.8) is 0 Å². The van der Waals surface area contributed by atoms with Gasteiger partial charge in [0.1, 0.15) is 6.29 Å². The number of sulfonamides is 1. The Morgan fingerprint density at radius 1 is 1.11 bits per heavy atom. The van der Waals surface area contributed by atoms with Crippen LogP contribution in [0.4, 0.5) is 0 Å². The molecule has 0 saturated heterocycles. The largest absolute Gasteiger partial charge is 0.298 e. The van der Waals surface area contributed by atoms with Gasteiger partial charge in [-0.15, -0.1) is 0 Å². The molecule has 27 heavy (non-hydrogen) atoms. The molecule has 1 N–H and O–H groups in total. The summed E-state index contributed by atoms with van der Waals surface area (Å²) in [6.45, 7) is 6.69. The van der Waals surface area contributed by atoms with E-state index in [0.717, 1.165) is 23.0 Å². The molecule has 0 saturated carbocycles. The Morgan fingerprint density at radius 3 is 2.37 bits per heavy atom. The first-order valence-corrected chi connectivity index (χ1v) is 14.4. The molecular formula is C20H24ClNO3SSi. The number of hydrogen-bond donors (Lipinski definition) is 1. The van der Waals surface area contributed by atoms with E-state index in [1.807, 2.05) is 0 Å². The normalized spacial score (nSPS) is 17.4. The van der Waals surface area contributed by atoms with Crippen molar-refractivity contribution >= 4 is 41.2 Å². The predicted octanol–water partition coefficient (Wildman–Crippen LogP) is 3.53. The Kier molecular flexibility index (Phi) is 5.63. The first kappa shape index (κ1) is 20.3. The predicted molar refractivity (Wildman–Crippen MR) is 112 cm³/mol. The van der Waals surface area contributed by atoms with Crippen molar-refractivity contribution in [2.75, 3.05) is 0 Å². The van der Waals surface area contributed by atoms with Crippen LogP contribution < -0.4 is 9.91 Å². The summed E-state index contributed by atoms with van der Waals surface area (Å²) in [5.41, 5.74) is 2.98. The van der Waals surface area contributed by atoms with Gasteiger partial charge in [-0.05, 0) is 59.8 Å². The van der Waals surface area contributed by atoms with Gasteiger partial charge in [-0.1, -0.05) is 43.4 Å². The number of halogens is 1. The molecule has 2 aromatic rings. The van der Waals surface area contributed by atoms with Gasteiger partial charge >= 0.3 is 0 Å². The molecule has 0 fully saturated rings. The molecule has 0 spiro atoms. The van der Waals surface area contributed by atoms with Gasteiger partial charge in [-0.3, -0.25) is 4.79 Å². The van der Waals surface area contributed by atoms with Crippen molar-refractivity contribution in [1.29, 1.82) is 0 Å². The highest BCUT2D eigenvalue weighted by atomic mass is 35.5. The molecule has 0 bridgehead atoms. The smallest absolute Gasteiger partial charge is 0.240 e. The Bertz CT molecular complexity index is 966. The van der Waals surface area contributed by atoms with Gasteiger partial charge in [0.2, 0.25) is 10.0 Å². The fraction of sp³-hybridized carbons (Fsp3) is 0.350. The fourth-order valence-electron chi connectivity index (χ4n) is 3.67. The maximum absolute atomic E-state index is 12.6. The number of aldehydes is 1. The molecule has 144 valence electrons. The van der Waals surface area contributed by atoms with E-state index in [2.05, 4.69) is 36.5 Å². The van der Waals surface area contributed by atoms with Gasteiger partial charge in [-0.2, -0.15) is 0 Å². The summed E-state index contributed by atoms with van der Waals surface area (Å²) >= 11 is 5.84. The van der Waals surface area contributed by atoms with Crippen LogP contribution in [-0.4, -0.2) is 28.8 Å². The minimum absolute atomic E-state index is 0.185. The quantitative estimate of drug-likeness (QED) is 0.593. The van der Waals surface area contributed by atoms with Crippen LogP contribution in [0.5, 0.6) is 0 Å². The Labute approximate surface area is 167 Å². The van der Waals surface area contributed by atoms with Crippen LogP contribution in [0.3, 0.4) is 0 Å². The van der Waals surface area contributed by atoms with Crippen LogP contribution in [0.1, 0.15) is 27.9 Å². The van der Waals surface area contributed by atoms with Crippen LogP contribution in [0, 0.1) is 0 Å². The van der Waals surface area contributed by atoms with E-state index < -0.39 is 18.1 Å². The molecule has 0 aliphatic heterocycles. The first-order valence-electron chi connectivity index (χ1n) is 9.00. The highest BCUT2D eigenvalue weighted by molar-refractivity contribution is 7.89. The van der Waals surface area contributed by atoms with Crippen LogP contribution in [-0.2, 0) is 22.9 Å². The zero-order valence-electron chi connectivity index (χ0n) is 15.8. The number of hydrogen-bond acceptors (Lipinski definition) is 3. The zero-order valence-corrected chi connectivity index (χ0v) is 18.3. The van der Waals surface area contributed by atoms with Crippen LogP contribution in [0.25, 0.3) is 0 Å². The maximum atomic E-state index is 12.6. The maximum Gasteiger partial charge on any atom is 0.240 e. The van der Waals surface area contributed by atoms with Crippen molar-refractivity contribution in [1.82, 2.24) is 4.72 Å². The number of carbonyl (C=O) groups excluding carboxylic acids is 1. The van der Waals surface area contributed by atoms with Crippen molar-refractivity contribution in [2.45, 2.75) is 49.8 Å². The minimum atomic E-state index is -3.60. The summed E-state index contributed by atoms with van der Waals surface area (Å²) < 4.78 is 28.1. The van der Waals surface area contributed by atoms with E-state index in [-0.39, 0.29) is 10.9 Å². The van der Waals surface area contributed by atoms with E-state index in [1.165, 1.54) is 17.3 Å². The second-order valence-electron chi connectivity index (χ2n) is 8.05. The number of carbonyl (C=O) groups is 1. The summed E-state index contributed by atoms with van der Waals surface area (Å²) in [4.78, 5) is 12.0. The molecule has 0 heterocycles. The summed E-state index contributed by atoms with van der Waals surface area (Å²) in [7, 11) is -5.21. The second-order valence-corrected chi connectivity index (χ2v) is 15.2. The average Bonchev–Trinajstić information content (AvgIpc) is 2.59. The third kappa shape index (κ3) is 4.34. The lowest BCUT2D eigenvalue weighted by molar-refractivity contribution is 0.112. The highest BCUT2D eigenvalue weighted by Crippen LogP contribution is 2.26. The Balaban J connectivity index is 1.85. The summed E-state index contributed by atoms with van der Waals surface area (Å²) in [6, 6.07) is 10.1. The van der Waals surface area contributed by atoms with Crippen LogP contribution in [0.15, 0.2) is 41.3 Å². The molecule has 7 heteroatoms. The van der Waals surface area contributed by atoms with Crippen molar-refractivity contribution in [3.8, 4) is 0 Å². The number of rotatable bonds is 5.